The van der Waals surface area contributed by atoms with Crippen LogP contribution in [0.15, 0.2) is 46.9 Å². The molecule has 0 unspecified atom stereocenters. The highest BCUT2D eigenvalue weighted by Crippen LogP contribution is 2.25. The second-order valence-electron chi connectivity index (χ2n) is 3.99. The lowest BCUT2D eigenvalue weighted by atomic mass is 10.1. The number of ketones is 1. The van der Waals surface area contributed by atoms with Crippen molar-refractivity contribution >= 4 is 27.4 Å². The number of Topliss-reactive ketones (excluding diaryl/α,β-unsaturated/α-hetero) is 1. The molecular weight excluding hydrogens is 310 g/mol. The van der Waals surface area contributed by atoms with Gasteiger partial charge in [0.2, 0.25) is 0 Å². The average Bonchev–Trinajstić information content (AvgIpc) is 2.39. The topological polar surface area (TPSA) is 69.6 Å². The molecule has 0 atom stereocenters. The van der Waals surface area contributed by atoms with E-state index in [0.717, 1.165) is 10.2 Å². The standard InChI is InChI=1S/C14H12BrNO3/c15-10-2-1-3-11(7-10)16-8-14(19)9-4-5-12(17)13(18)6-9/h1-7,16-18H,8H2. The lowest BCUT2D eigenvalue weighted by Gasteiger charge is -2.07. The van der Waals surface area contributed by atoms with Crippen LogP contribution in [-0.4, -0.2) is 22.5 Å². The Morgan fingerprint density at radius 3 is 2.58 bits per heavy atom. The fourth-order valence-corrected chi connectivity index (χ4v) is 1.98. The minimum absolute atomic E-state index is 0.112. The van der Waals surface area contributed by atoms with Crippen molar-refractivity contribution in [3.8, 4) is 11.5 Å². The van der Waals surface area contributed by atoms with Crippen LogP contribution < -0.4 is 5.32 Å². The van der Waals surface area contributed by atoms with Gasteiger partial charge in [0.1, 0.15) is 0 Å². The molecule has 0 aliphatic carbocycles. The molecule has 0 bridgehead atoms. The molecule has 2 aromatic carbocycles. The Kier molecular flexibility index (Phi) is 4.06. The number of halogens is 1. The van der Waals surface area contributed by atoms with Gasteiger partial charge in [-0.15, -0.1) is 0 Å². The van der Waals surface area contributed by atoms with Crippen molar-refractivity contribution in [2.24, 2.45) is 0 Å². The van der Waals surface area contributed by atoms with Crippen molar-refractivity contribution < 1.29 is 15.0 Å². The fraction of sp³-hybridized carbons (Fsp3) is 0.0714. The summed E-state index contributed by atoms with van der Waals surface area (Å²) in [7, 11) is 0. The van der Waals surface area contributed by atoms with Crippen LogP contribution in [0.5, 0.6) is 11.5 Å². The molecule has 0 fully saturated rings. The fourth-order valence-electron chi connectivity index (χ4n) is 1.58. The SMILES string of the molecule is O=C(CNc1cccc(Br)c1)c1ccc(O)c(O)c1. The predicted octanol–water partition coefficient (Wildman–Crippen LogP) is 3.16. The summed E-state index contributed by atoms with van der Waals surface area (Å²) in [5, 5.41) is 21.5. The van der Waals surface area contributed by atoms with E-state index in [1.165, 1.54) is 18.2 Å². The highest BCUT2D eigenvalue weighted by molar-refractivity contribution is 9.10. The largest absolute Gasteiger partial charge is 0.504 e. The zero-order chi connectivity index (χ0) is 13.8. The van der Waals surface area contributed by atoms with Crippen LogP contribution in [0.1, 0.15) is 10.4 Å². The number of anilines is 1. The molecule has 2 rings (SSSR count). The lowest BCUT2D eigenvalue weighted by molar-refractivity contribution is 0.101. The van der Waals surface area contributed by atoms with Crippen LogP contribution in [0.3, 0.4) is 0 Å². The first kappa shape index (κ1) is 13.4. The molecule has 3 N–H and O–H groups in total. The van der Waals surface area contributed by atoms with Crippen LogP contribution in [0.4, 0.5) is 5.69 Å². The molecule has 98 valence electrons. The number of carbonyl (C=O) groups is 1. The molecule has 0 radical (unpaired) electrons. The third-order valence-corrected chi connectivity index (χ3v) is 3.07. The monoisotopic (exact) mass is 321 g/mol. The predicted molar refractivity (Wildman–Crippen MR) is 76.7 cm³/mol. The van der Waals surface area contributed by atoms with Gasteiger partial charge in [0.05, 0.1) is 6.54 Å². The summed E-state index contributed by atoms with van der Waals surface area (Å²) >= 11 is 3.35. The molecular formula is C14H12BrNO3. The van der Waals surface area contributed by atoms with Crippen molar-refractivity contribution in [1.29, 1.82) is 0 Å². The van der Waals surface area contributed by atoms with Crippen LogP contribution >= 0.6 is 15.9 Å². The second kappa shape index (κ2) is 5.75. The Morgan fingerprint density at radius 2 is 1.89 bits per heavy atom. The summed E-state index contributed by atoms with van der Waals surface area (Å²) in [6.07, 6.45) is 0. The maximum absolute atomic E-state index is 11.9. The minimum Gasteiger partial charge on any atom is -0.504 e. The van der Waals surface area contributed by atoms with Crippen molar-refractivity contribution in [2.75, 3.05) is 11.9 Å². The number of carbonyl (C=O) groups excluding carboxylic acids is 1. The zero-order valence-corrected chi connectivity index (χ0v) is 11.5. The van der Waals surface area contributed by atoms with Gasteiger partial charge in [0.15, 0.2) is 17.3 Å². The van der Waals surface area contributed by atoms with Gasteiger partial charge in [-0.05, 0) is 36.4 Å². The molecule has 0 aromatic heterocycles. The zero-order valence-electron chi connectivity index (χ0n) is 9.93. The molecule has 0 spiro atoms. The molecule has 0 saturated carbocycles. The highest BCUT2D eigenvalue weighted by Gasteiger charge is 2.08. The van der Waals surface area contributed by atoms with Gasteiger partial charge < -0.3 is 15.5 Å². The summed E-state index contributed by atoms with van der Waals surface area (Å²) in [4.78, 5) is 11.9. The number of phenolic OH excluding ortho intramolecular Hbond substituents is 2. The first-order valence-electron chi connectivity index (χ1n) is 5.61. The van der Waals surface area contributed by atoms with Gasteiger partial charge in [-0.1, -0.05) is 22.0 Å². The maximum Gasteiger partial charge on any atom is 0.181 e. The molecule has 4 nitrogen and oxygen atoms in total. The molecule has 2 aromatic rings. The average molecular weight is 322 g/mol. The van der Waals surface area contributed by atoms with Gasteiger partial charge in [0, 0.05) is 15.7 Å². The number of hydrogen-bond donors (Lipinski definition) is 3. The normalized spacial score (nSPS) is 10.2. The summed E-state index contributed by atoms with van der Waals surface area (Å²) in [6, 6.07) is 11.5. The van der Waals surface area contributed by atoms with E-state index >= 15 is 0 Å². The number of phenols is 2. The smallest absolute Gasteiger partial charge is 0.181 e. The van der Waals surface area contributed by atoms with E-state index in [1.54, 1.807) is 0 Å². The number of benzene rings is 2. The molecule has 0 amide bonds. The van der Waals surface area contributed by atoms with Gasteiger partial charge >= 0.3 is 0 Å². The Morgan fingerprint density at radius 1 is 1.11 bits per heavy atom. The highest BCUT2D eigenvalue weighted by atomic mass is 79.9. The third-order valence-electron chi connectivity index (χ3n) is 2.58. The lowest BCUT2D eigenvalue weighted by Crippen LogP contribution is -2.13. The Labute approximate surface area is 118 Å². The molecule has 0 aliphatic heterocycles. The van der Waals surface area contributed by atoms with Gasteiger partial charge in [-0.3, -0.25) is 4.79 Å². The number of rotatable bonds is 4. The molecule has 5 heteroatoms. The molecule has 0 heterocycles. The van der Waals surface area contributed by atoms with E-state index in [9.17, 15) is 15.0 Å². The molecule has 0 saturated heterocycles. The summed E-state index contributed by atoms with van der Waals surface area (Å²) in [5.74, 6) is -0.708. The van der Waals surface area contributed by atoms with Crippen LogP contribution in [-0.2, 0) is 0 Å². The van der Waals surface area contributed by atoms with E-state index in [1.807, 2.05) is 24.3 Å². The Bertz CT molecular complexity index is 613. The molecule has 19 heavy (non-hydrogen) atoms. The summed E-state index contributed by atoms with van der Waals surface area (Å²) in [5.41, 5.74) is 1.17. The van der Waals surface area contributed by atoms with Crippen molar-refractivity contribution in [2.45, 2.75) is 0 Å². The number of hydrogen-bond acceptors (Lipinski definition) is 4. The van der Waals surface area contributed by atoms with Gasteiger partial charge in [0.25, 0.3) is 0 Å². The quantitative estimate of drug-likeness (QED) is 0.597. The van der Waals surface area contributed by atoms with Crippen LogP contribution in [0.2, 0.25) is 0 Å². The number of aromatic hydroxyl groups is 2. The Hall–Kier alpha value is -2.01. The van der Waals surface area contributed by atoms with Gasteiger partial charge in [-0.25, -0.2) is 0 Å². The minimum atomic E-state index is -0.298. The maximum atomic E-state index is 11.9. The van der Waals surface area contributed by atoms with Crippen LogP contribution in [0, 0.1) is 0 Å². The van der Waals surface area contributed by atoms with Crippen molar-refractivity contribution in [3.05, 3.63) is 52.5 Å². The van der Waals surface area contributed by atoms with E-state index < -0.39 is 0 Å². The second-order valence-corrected chi connectivity index (χ2v) is 4.91. The third kappa shape index (κ3) is 3.48. The summed E-state index contributed by atoms with van der Waals surface area (Å²) < 4.78 is 0.923. The van der Waals surface area contributed by atoms with Crippen LogP contribution in [0.25, 0.3) is 0 Å². The first-order valence-corrected chi connectivity index (χ1v) is 6.40. The molecule has 0 aliphatic rings. The first-order chi connectivity index (χ1) is 9.06. The number of nitrogens with one attached hydrogen (secondary N) is 1. The summed E-state index contributed by atoms with van der Waals surface area (Å²) in [6.45, 7) is 0.112. The van der Waals surface area contributed by atoms with Gasteiger partial charge in [-0.2, -0.15) is 0 Å². The van der Waals surface area contributed by atoms with Crippen molar-refractivity contribution in [1.82, 2.24) is 0 Å². The van der Waals surface area contributed by atoms with E-state index in [-0.39, 0.29) is 23.8 Å². The van der Waals surface area contributed by atoms with Crippen molar-refractivity contribution in [3.63, 3.8) is 0 Å². The van der Waals surface area contributed by atoms with E-state index in [2.05, 4.69) is 21.2 Å². The van der Waals surface area contributed by atoms with E-state index in [4.69, 9.17) is 0 Å². The van der Waals surface area contributed by atoms with E-state index in [0.29, 0.717) is 5.56 Å². The Balaban J connectivity index is 2.03.